The number of carbonyl (C=O) groups is 1. The van der Waals surface area contributed by atoms with Crippen LogP contribution in [0.15, 0.2) is 30.3 Å². The number of benzene rings is 1. The lowest BCUT2D eigenvalue weighted by Crippen LogP contribution is -2.54. The van der Waals surface area contributed by atoms with E-state index in [1.807, 2.05) is 44.2 Å². The lowest BCUT2D eigenvalue weighted by molar-refractivity contribution is -0.159. The van der Waals surface area contributed by atoms with Gasteiger partial charge in [0.25, 0.3) is 0 Å². The zero-order valence-corrected chi connectivity index (χ0v) is 13.2. The highest BCUT2D eigenvalue weighted by Gasteiger charge is 2.38. The lowest BCUT2D eigenvalue weighted by Gasteiger charge is -2.40. The Bertz CT molecular complexity index is 450. The van der Waals surface area contributed by atoms with E-state index in [0.717, 1.165) is 31.5 Å². The summed E-state index contributed by atoms with van der Waals surface area (Å²) >= 11 is 0. The molecule has 1 heterocycles. The maximum absolute atomic E-state index is 12.4. The average molecular weight is 291 g/mol. The second-order valence-electron chi connectivity index (χ2n) is 6.04. The van der Waals surface area contributed by atoms with Crippen LogP contribution in [0.3, 0.4) is 0 Å². The number of piperidine rings is 1. The zero-order valence-electron chi connectivity index (χ0n) is 13.2. The van der Waals surface area contributed by atoms with Gasteiger partial charge in [-0.15, -0.1) is 0 Å². The Balaban J connectivity index is 1.88. The maximum atomic E-state index is 12.4. The van der Waals surface area contributed by atoms with E-state index in [1.54, 1.807) is 7.11 Å². The van der Waals surface area contributed by atoms with E-state index in [4.69, 9.17) is 9.47 Å². The molecule has 0 N–H and O–H groups in total. The van der Waals surface area contributed by atoms with Crippen LogP contribution in [-0.2, 0) is 20.9 Å². The molecule has 0 unspecified atom stereocenters. The Hall–Kier alpha value is -1.39. The summed E-state index contributed by atoms with van der Waals surface area (Å²) in [6.07, 6.45) is 2.25. The normalized spacial score (nSPS) is 17.7. The van der Waals surface area contributed by atoms with Gasteiger partial charge < -0.3 is 9.47 Å². The molecule has 21 heavy (non-hydrogen) atoms. The van der Waals surface area contributed by atoms with Crippen LogP contribution in [0.4, 0.5) is 0 Å². The standard InChI is InChI=1S/C17H25NO3/c1-17(2,18-11-9-15(20-3)10-12-18)16(19)21-13-14-7-5-4-6-8-14/h4-8,15H,9-13H2,1-3H3. The molecule has 1 aromatic rings. The molecule has 1 aromatic carbocycles. The lowest BCUT2D eigenvalue weighted by atomic mass is 9.97. The van der Waals surface area contributed by atoms with E-state index in [-0.39, 0.29) is 5.97 Å². The zero-order chi connectivity index (χ0) is 15.3. The van der Waals surface area contributed by atoms with Gasteiger partial charge in [-0.3, -0.25) is 9.69 Å². The number of likely N-dealkylation sites (tertiary alicyclic amines) is 1. The third-order valence-electron chi connectivity index (χ3n) is 4.28. The maximum Gasteiger partial charge on any atom is 0.326 e. The van der Waals surface area contributed by atoms with Crippen molar-refractivity contribution in [1.82, 2.24) is 4.90 Å². The summed E-state index contributed by atoms with van der Waals surface area (Å²) in [6, 6.07) is 9.78. The molecule has 116 valence electrons. The molecule has 4 heteroatoms. The largest absolute Gasteiger partial charge is 0.459 e. The average Bonchev–Trinajstić information content (AvgIpc) is 2.53. The van der Waals surface area contributed by atoms with Gasteiger partial charge >= 0.3 is 5.97 Å². The van der Waals surface area contributed by atoms with E-state index < -0.39 is 5.54 Å². The molecule has 1 aliphatic heterocycles. The Morgan fingerprint density at radius 1 is 1.24 bits per heavy atom. The second kappa shape index (κ2) is 7.05. The fraction of sp³-hybridized carbons (Fsp3) is 0.588. The van der Waals surface area contributed by atoms with Crippen molar-refractivity contribution in [1.29, 1.82) is 0 Å². The minimum atomic E-state index is -0.590. The summed E-state index contributed by atoms with van der Waals surface area (Å²) in [7, 11) is 1.75. The number of rotatable bonds is 5. The van der Waals surface area contributed by atoms with Crippen molar-refractivity contribution in [2.45, 2.75) is 44.9 Å². The summed E-state index contributed by atoms with van der Waals surface area (Å²) in [5, 5.41) is 0. The number of methoxy groups -OCH3 is 1. The van der Waals surface area contributed by atoms with Crippen molar-refractivity contribution >= 4 is 5.97 Å². The number of nitrogens with zero attached hydrogens (tertiary/aromatic N) is 1. The molecule has 0 saturated carbocycles. The van der Waals surface area contributed by atoms with Crippen LogP contribution in [0.25, 0.3) is 0 Å². The van der Waals surface area contributed by atoms with E-state index >= 15 is 0 Å². The Kier molecular flexibility index (Phi) is 5.37. The van der Waals surface area contributed by atoms with Crippen molar-refractivity contribution in [3.8, 4) is 0 Å². The van der Waals surface area contributed by atoms with Crippen LogP contribution in [0.1, 0.15) is 32.3 Å². The molecule has 4 nitrogen and oxygen atoms in total. The molecular weight excluding hydrogens is 266 g/mol. The van der Waals surface area contributed by atoms with Crippen LogP contribution in [-0.4, -0.2) is 42.7 Å². The van der Waals surface area contributed by atoms with E-state index in [0.29, 0.717) is 12.7 Å². The van der Waals surface area contributed by atoms with Gasteiger partial charge in [0.1, 0.15) is 12.1 Å². The SMILES string of the molecule is COC1CCN(C(C)(C)C(=O)OCc2ccccc2)CC1. The predicted molar refractivity (Wildman–Crippen MR) is 81.9 cm³/mol. The van der Waals surface area contributed by atoms with E-state index in [9.17, 15) is 4.79 Å². The third-order valence-corrected chi connectivity index (χ3v) is 4.28. The molecule has 0 radical (unpaired) electrons. The number of hydrogen-bond donors (Lipinski definition) is 0. The number of ether oxygens (including phenoxy) is 2. The summed E-state index contributed by atoms with van der Waals surface area (Å²) in [4.78, 5) is 14.6. The van der Waals surface area contributed by atoms with Crippen LogP contribution in [0.2, 0.25) is 0 Å². The molecule has 0 bridgehead atoms. The highest BCUT2D eigenvalue weighted by atomic mass is 16.5. The predicted octanol–water partition coefficient (Wildman–Crippen LogP) is 2.62. The third kappa shape index (κ3) is 4.05. The van der Waals surface area contributed by atoms with Gasteiger partial charge in [0.05, 0.1) is 6.10 Å². The van der Waals surface area contributed by atoms with Gasteiger partial charge in [-0.25, -0.2) is 0 Å². The van der Waals surface area contributed by atoms with Crippen LogP contribution in [0, 0.1) is 0 Å². The van der Waals surface area contributed by atoms with Crippen molar-refractivity contribution in [3.05, 3.63) is 35.9 Å². The number of esters is 1. The fourth-order valence-corrected chi connectivity index (χ4v) is 2.68. The second-order valence-corrected chi connectivity index (χ2v) is 6.04. The molecule has 0 spiro atoms. The highest BCUT2D eigenvalue weighted by molar-refractivity contribution is 5.79. The molecule has 1 saturated heterocycles. The first-order valence-electron chi connectivity index (χ1n) is 7.53. The molecule has 1 fully saturated rings. The van der Waals surface area contributed by atoms with Gasteiger partial charge in [0, 0.05) is 20.2 Å². The molecular formula is C17H25NO3. The van der Waals surface area contributed by atoms with Crippen molar-refractivity contribution in [2.24, 2.45) is 0 Å². The smallest absolute Gasteiger partial charge is 0.326 e. The monoisotopic (exact) mass is 291 g/mol. The van der Waals surface area contributed by atoms with Gasteiger partial charge in [-0.05, 0) is 32.3 Å². The first-order valence-corrected chi connectivity index (χ1v) is 7.53. The molecule has 2 rings (SSSR count). The molecule has 0 amide bonds. The minimum Gasteiger partial charge on any atom is -0.459 e. The van der Waals surface area contributed by atoms with Gasteiger partial charge in [0.2, 0.25) is 0 Å². The van der Waals surface area contributed by atoms with E-state index in [2.05, 4.69) is 4.90 Å². The van der Waals surface area contributed by atoms with Crippen molar-refractivity contribution in [3.63, 3.8) is 0 Å². The van der Waals surface area contributed by atoms with Crippen molar-refractivity contribution in [2.75, 3.05) is 20.2 Å². The van der Waals surface area contributed by atoms with Crippen LogP contribution < -0.4 is 0 Å². The Labute approximate surface area is 127 Å². The van der Waals surface area contributed by atoms with Gasteiger partial charge in [-0.1, -0.05) is 30.3 Å². The van der Waals surface area contributed by atoms with Gasteiger partial charge in [0.15, 0.2) is 0 Å². The van der Waals surface area contributed by atoms with Crippen LogP contribution in [0.5, 0.6) is 0 Å². The van der Waals surface area contributed by atoms with E-state index in [1.165, 1.54) is 0 Å². The summed E-state index contributed by atoms with van der Waals surface area (Å²) in [6.45, 7) is 5.94. The minimum absolute atomic E-state index is 0.165. The number of hydrogen-bond acceptors (Lipinski definition) is 4. The summed E-state index contributed by atoms with van der Waals surface area (Å²) in [5.41, 5.74) is 0.424. The van der Waals surface area contributed by atoms with Gasteiger partial charge in [-0.2, -0.15) is 0 Å². The van der Waals surface area contributed by atoms with Crippen LogP contribution >= 0.6 is 0 Å². The highest BCUT2D eigenvalue weighted by Crippen LogP contribution is 2.23. The topological polar surface area (TPSA) is 38.8 Å². The quantitative estimate of drug-likeness (QED) is 0.782. The Morgan fingerprint density at radius 3 is 2.43 bits per heavy atom. The Morgan fingerprint density at radius 2 is 1.86 bits per heavy atom. The first-order chi connectivity index (χ1) is 10.0. The molecule has 0 aliphatic carbocycles. The number of carbonyl (C=O) groups excluding carboxylic acids is 1. The molecule has 1 aliphatic rings. The summed E-state index contributed by atoms with van der Waals surface area (Å²) < 4.78 is 10.9. The molecule has 0 aromatic heterocycles. The summed E-state index contributed by atoms with van der Waals surface area (Å²) in [5.74, 6) is -0.165. The van der Waals surface area contributed by atoms with Crippen molar-refractivity contribution < 1.29 is 14.3 Å². The molecule has 0 atom stereocenters. The fourth-order valence-electron chi connectivity index (χ4n) is 2.68. The first kappa shape index (κ1) is 16.0.